The molecular formula is C32H32N2O7S. The third-order valence-corrected chi connectivity index (χ3v) is 8.45. The molecule has 10 heteroatoms. The minimum absolute atomic E-state index is 0.114. The van der Waals surface area contributed by atoms with Crippen LogP contribution < -0.4 is 23.8 Å². The van der Waals surface area contributed by atoms with Crippen molar-refractivity contribution < 1.29 is 32.2 Å². The largest absolute Gasteiger partial charge is 0.495 e. The van der Waals surface area contributed by atoms with Crippen molar-refractivity contribution in [1.82, 2.24) is 4.72 Å². The second-order valence-corrected chi connectivity index (χ2v) is 11.5. The van der Waals surface area contributed by atoms with Gasteiger partial charge in [-0.05, 0) is 56.2 Å². The molecule has 9 nitrogen and oxygen atoms in total. The number of carbonyl (C=O) groups is 2. The first-order valence-corrected chi connectivity index (χ1v) is 15.1. The summed E-state index contributed by atoms with van der Waals surface area (Å²) in [6.45, 7) is 6.75. The number of nitrogens with zero attached hydrogens (tertiary/aromatic N) is 1. The number of anilines is 1. The van der Waals surface area contributed by atoms with Gasteiger partial charge in [0.2, 0.25) is 5.91 Å². The molecule has 0 saturated heterocycles. The average Bonchev–Trinajstić information content (AvgIpc) is 3.31. The number of sulfonamides is 1. The summed E-state index contributed by atoms with van der Waals surface area (Å²) in [7, 11) is -2.76. The first-order chi connectivity index (χ1) is 20.2. The molecule has 0 radical (unpaired) electrons. The van der Waals surface area contributed by atoms with Crippen LogP contribution in [-0.4, -0.2) is 40.6 Å². The zero-order valence-corrected chi connectivity index (χ0v) is 24.7. The molecule has 0 unspecified atom stereocenters. The molecule has 2 amide bonds. The summed E-state index contributed by atoms with van der Waals surface area (Å²) in [5.41, 5.74) is 3.30. The molecule has 4 aromatic carbocycles. The van der Waals surface area contributed by atoms with E-state index in [2.05, 4.69) is 4.72 Å². The lowest BCUT2D eigenvalue weighted by Gasteiger charge is -2.16. The van der Waals surface area contributed by atoms with Gasteiger partial charge in [-0.25, -0.2) is 13.1 Å². The molecular weight excluding hydrogens is 556 g/mol. The topological polar surface area (TPSA) is 111 Å². The summed E-state index contributed by atoms with van der Waals surface area (Å²) in [6.07, 6.45) is -0.170. The maximum atomic E-state index is 13.8. The molecule has 0 bridgehead atoms. The fourth-order valence-corrected chi connectivity index (χ4v) is 6.33. The Bertz CT molecular complexity index is 1780. The van der Waals surface area contributed by atoms with Gasteiger partial charge in [-0.3, -0.25) is 9.59 Å². The van der Waals surface area contributed by atoms with Crippen molar-refractivity contribution in [2.24, 2.45) is 0 Å². The molecule has 1 aliphatic heterocycles. The maximum absolute atomic E-state index is 13.8. The lowest BCUT2D eigenvalue weighted by molar-refractivity contribution is -0.118. The maximum Gasteiger partial charge on any atom is 0.267 e. The molecule has 4 aromatic rings. The lowest BCUT2D eigenvalue weighted by Crippen LogP contribution is -2.32. The highest BCUT2D eigenvalue weighted by atomic mass is 32.2. The SMILES string of the molecule is CCOc1c2c(c(OCC)c3ccccc13)C(=O)N(c1ccc(CC(=O)NS(=O)(=O)c3ccc(C)cc3OC)cc1)C2. The summed E-state index contributed by atoms with van der Waals surface area (Å²) in [4.78, 5) is 28.0. The van der Waals surface area contributed by atoms with Crippen LogP contribution in [0.25, 0.3) is 10.8 Å². The van der Waals surface area contributed by atoms with E-state index in [0.717, 1.165) is 21.9 Å². The molecule has 0 saturated carbocycles. The Morgan fingerprint density at radius 3 is 2.21 bits per heavy atom. The van der Waals surface area contributed by atoms with Crippen LogP contribution in [0.4, 0.5) is 5.69 Å². The summed E-state index contributed by atoms with van der Waals surface area (Å²) in [5.74, 6) is 0.470. The molecule has 0 spiro atoms. The van der Waals surface area contributed by atoms with Crippen molar-refractivity contribution in [3.05, 3.63) is 89.0 Å². The number of amides is 2. The standard InChI is InChI=1S/C32H32N2O7S/c1-5-40-30-23-9-7-8-10-24(23)31(41-6-2)29-25(30)19-34(32(29)36)22-14-12-21(13-15-22)18-28(35)33-42(37,38)27-16-11-20(3)17-26(27)39-4/h7-17H,5-6,18-19H2,1-4H3,(H,33,35). The fourth-order valence-electron chi connectivity index (χ4n) is 5.20. The molecule has 1 heterocycles. The highest BCUT2D eigenvalue weighted by Crippen LogP contribution is 2.46. The number of hydrogen-bond donors (Lipinski definition) is 1. The van der Waals surface area contributed by atoms with Crippen molar-refractivity contribution >= 4 is 38.3 Å². The van der Waals surface area contributed by atoms with Gasteiger partial charge in [-0.15, -0.1) is 0 Å². The quantitative estimate of drug-likeness (QED) is 0.272. The molecule has 42 heavy (non-hydrogen) atoms. The highest BCUT2D eigenvalue weighted by molar-refractivity contribution is 7.90. The monoisotopic (exact) mass is 588 g/mol. The third kappa shape index (κ3) is 5.37. The van der Waals surface area contributed by atoms with Crippen LogP contribution in [0.2, 0.25) is 0 Å². The summed E-state index contributed by atoms with van der Waals surface area (Å²) in [6, 6.07) is 19.2. The summed E-state index contributed by atoms with van der Waals surface area (Å²) < 4.78 is 45.1. The van der Waals surface area contributed by atoms with Crippen molar-refractivity contribution in [2.75, 3.05) is 25.2 Å². The zero-order valence-electron chi connectivity index (χ0n) is 23.9. The van der Waals surface area contributed by atoms with E-state index in [1.807, 2.05) is 45.0 Å². The molecule has 0 aliphatic carbocycles. The molecule has 0 aromatic heterocycles. The van der Waals surface area contributed by atoms with Crippen LogP contribution >= 0.6 is 0 Å². The van der Waals surface area contributed by atoms with Crippen LogP contribution in [0.15, 0.2) is 71.6 Å². The lowest BCUT2D eigenvalue weighted by atomic mass is 9.99. The first-order valence-electron chi connectivity index (χ1n) is 13.6. The van der Waals surface area contributed by atoms with E-state index in [4.69, 9.17) is 14.2 Å². The molecule has 0 fully saturated rings. The second kappa shape index (κ2) is 11.7. The van der Waals surface area contributed by atoms with E-state index < -0.39 is 15.9 Å². The number of benzene rings is 4. The number of rotatable bonds is 10. The Morgan fingerprint density at radius 2 is 1.57 bits per heavy atom. The zero-order chi connectivity index (χ0) is 30.0. The number of methoxy groups -OCH3 is 1. The number of nitrogens with one attached hydrogen (secondary N) is 1. The van der Waals surface area contributed by atoms with Gasteiger partial charge in [0.15, 0.2) is 0 Å². The van der Waals surface area contributed by atoms with E-state index in [0.29, 0.717) is 48.1 Å². The minimum atomic E-state index is -4.13. The van der Waals surface area contributed by atoms with Crippen molar-refractivity contribution in [2.45, 2.75) is 38.6 Å². The van der Waals surface area contributed by atoms with Crippen LogP contribution in [-0.2, 0) is 27.8 Å². The average molecular weight is 589 g/mol. The smallest absolute Gasteiger partial charge is 0.267 e. The molecule has 1 N–H and O–H groups in total. The van der Waals surface area contributed by atoms with E-state index in [1.54, 1.807) is 41.3 Å². The Kier molecular flexibility index (Phi) is 8.08. The van der Waals surface area contributed by atoms with Crippen molar-refractivity contribution in [1.29, 1.82) is 0 Å². The van der Waals surface area contributed by atoms with Gasteiger partial charge in [0.25, 0.3) is 15.9 Å². The van der Waals surface area contributed by atoms with E-state index >= 15 is 0 Å². The fraction of sp³-hybridized carbons (Fsp3) is 0.250. The van der Waals surface area contributed by atoms with Crippen LogP contribution in [0.1, 0.15) is 40.9 Å². The van der Waals surface area contributed by atoms with Crippen LogP contribution in [0, 0.1) is 6.92 Å². The van der Waals surface area contributed by atoms with E-state index in [1.165, 1.54) is 13.2 Å². The number of ether oxygens (including phenoxy) is 3. The van der Waals surface area contributed by atoms with Gasteiger partial charge in [-0.1, -0.05) is 42.5 Å². The first kappa shape index (κ1) is 28.9. The van der Waals surface area contributed by atoms with Crippen LogP contribution in [0.3, 0.4) is 0 Å². The second-order valence-electron chi connectivity index (χ2n) is 9.84. The number of fused-ring (bicyclic) bond motifs is 2. The predicted molar refractivity (Wildman–Crippen MR) is 160 cm³/mol. The summed E-state index contributed by atoms with van der Waals surface area (Å²) >= 11 is 0. The third-order valence-electron chi connectivity index (χ3n) is 7.04. The Balaban J connectivity index is 1.38. The Hall–Kier alpha value is -4.57. The Morgan fingerprint density at radius 1 is 0.929 bits per heavy atom. The molecule has 218 valence electrons. The number of carbonyl (C=O) groups excluding carboxylic acids is 2. The van der Waals surface area contributed by atoms with Gasteiger partial charge < -0.3 is 19.1 Å². The highest BCUT2D eigenvalue weighted by Gasteiger charge is 2.36. The van der Waals surface area contributed by atoms with Gasteiger partial charge in [0.1, 0.15) is 22.1 Å². The Labute approximate surface area is 245 Å². The van der Waals surface area contributed by atoms with Gasteiger partial charge in [0, 0.05) is 22.0 Å². The van der Waals surface area contributed by atoms with Gasteiger partial charge in [0.05, 0.1) is 38.9 Å². The van der Waals surface area contributed by atoms with Gasteiger partial charge >= 0.3 is 0 Å². The number of hydrogen-bond acceptors (Lipinski definition) is 7. The molecule has 1 aliphatic rings. The van der Waals surface area contributed by atoms with Crippen molar-refractivity contribution in [3.8, 4) is 17.2 Å². The molecule has 0 atom stereocenters. The van der Waals surface area contributed by atoms with E-state index in [9.17, 15) is 18.0 Å². The summed E-state index contributed by atoms with van der Waals surface area (Å²) in [5, 5.41) is 1.70. The van der Waals surface area contributed by atoms with Crippen LogP contribution in [0.5, 0.6) is 17.2 Å². The molecule has 5 rings (SSSR count). The van der Waals surface area contributed by atoms with E-state index in [-0.39, 0.29) is 23.0 Å². The normalized spacial score (nSPS) is 12.8. The number of aryl methyl sites for hydroxylation is 1. The van der Waals surface area contributed by atoms with Gasteiger partial charge in [-0.2, -0.15) is 0 Å². The predicted octanol–water partition coefficient (Wildman–Crippen LogP) is 5.16. The van der Waals surface area contributed by atoms with Crippen molar-refractivity contribution in [3.63, 3.8) is 0 Å². The minimum Gasteiger partial charge on any atom is -0.495 e.